The summed E-state index contributed by atoms with van der Waals surface area (Å²) in [6, 6.07) is 6.53. The summed E-state index contributed by atoms with van der Waals surface area (Å²) in [4.78, 5) is 11.6. The summed E-state index contributed by atoms with van der Waals surface area (Å²) in [5.74, 6) is -1.37. The van der Waals surface area contributed by atoms with Gasteiger partial charge in [0.25, 0.3) is 0 Å². The molecule has 1 aromatic rings. The molecule has 0 aliphatic carbocycles. The van der Waals surface area contributed by atoms with Crippen molar-refractivity contribution in [2.45, 2.75) is 63.0 Å². The SMILES string of the molecule is CC(=O)O[C@@H]1[C@H]2OC(C)(C)O[C@H]2O[C@@H]1/C=C/S(=O)(=O)c1ccc(C)cc1. The van der Waals surface area contributed by atoms with Crippen molar-refractivity contribution < 1.29 is 32.2 Å². The number of benzene rings is 1. The lowest BCUT2D eigenvalue weighted by atomic mass is 10.1. The molecule has 142 valence electrons. The van der Waals surface area contributed by atoms with Gasteiger partial charge in [0.05, 0.1) is 4.90 Å². The summed E-state index contributed by atoms with van der Waals surface area (Å²) in [6.07, 6.45) is -1.56. The van der Waals surface area contributed by atoms with Crippen LogP contribution in [0.4, 0.5) is 0 Å². The largest absolute Gasteiger partial charge is 0.456 e. The van der Waals surface area contributed by atoms with Crippen molar-refractivity contribution in [2.75, 3.05) is 0 Å². The summed E-state index contributed by atoms with van der Waals surface area (Å²) in [5.41, 5.74) is 0.965. The monoisotopic (exact) mass is 382 g/mol. The highest BCUT2D eigenvalue weighted by molar-refractivity contribution is 7.94. The molecule has 0 N–H and O–H groups in total. The molecule has 0 aromatic heterocycles. The van der Waals surface area contributed by atoms with Crippen molar-refractivity contribution in [1.29, 1.82) is 0 Å². The Bertz CT molecular complexity index is 810. The molecule has 1 aromatic carbocycles. The second-order valence-corrected chi connectivity index (χ2v) is 8.66. The fourth-order valence-corrected chi connectivity index (χ4v) is 4.01. The lowest BCUT2D eigenvalue weighted by Crippen LogP contribution is -2.37. The van der Waals surface area contributed by atoms with Gasteiger partial charge >= 0.3 is 5.97 Å². The van der Waals surface area contributed by atoms with Crippen LogP contribution >= 0.6 is 0 Å². The standard InChI is InChI=1S/C18H22O7S/c1-11-5-7-13(8-6-11)26(20,21)10-9-14-15(22-12(2)19)16-17(23-14)25-18(3,4)24-16/h5-10,14-17H,1-4H3/b10-9+/t14-,15+,16-,17-/m1/s1. The van der Waals surface area contributed by atoms with Crippen LogP contribution in [0.1, 0.15) is 26.3 Å². The van der Waals surface area contributed by atoms with Gasteiger partial charge in [0.1, 0.15) is 6.10 Å². The normalized spacial score (nSPS) is 30.5. The lowest BCUT2D eigenvalue weighted by molar-refractivity contribution is -0.212. The minimum atomic E-state index is -3.65. The molecule has 2 aliphatic heterocycles. The van der Waals surface area contributed by atoms with Crippen LogP contribution in [-0.4, -0.2) is 44.8 Å². The number of carbonyl (C=O) groups excluding carboxylic acids is 1. The van der Waals surface area contributed by atoms with Crippen molar-refractivity contribution in [3.63, 3.8) is 0 Å². The number of sulfone groups is 1. The van der Waals surface area contributed by atoms with Gasteiger partial charge in [-0.1, -0.05) is 17.7 Å². The minimum absolute atomic E-state index is 0.176. The van der Waals surface area contributed by atoms with Crippen molar-refractivity contribution in [1.82, 2.24) is 0 Å². The quantitative estimate of drug-likeness (QED) is 0.737. The van der Waals surface area contributed by atoms with Crippen LogP contribution < -0.4 is 0 Å². The van der Waals surface area contributed by atoms with Gasteiger partial charge in [0.15, 0.2) is 34.1 Å². The third-order valence-corrected chi connectivity index (χ3v) is 5.57. The van der Waals surface area contributed by atoms with E-state index < -0.39 is 46.2 Å². The number of ether oxygens (including phenoxy) is 4. The van der Waals surface area contributed by atoms with Crippen molar-refractivity contribution in [2.24, 2.45) is 0 Å². The van der Waals surface area contributed by atoms with Gasteiger partial charge in [-0.3, -0.25) is 4.79 Å². The highest BCUT2D eigenvalue weighted by Crippen LogP contribution is 2.39. The molecule has 4 atom stereocenters. The third kappa shape index (κ3) is 3.98. The molecular weight excluding hydrogens is 360 g/mol. The number of hydrogen-bond donors (Lipinski definition) is 0. The molecule has 26 heavy (non-hydrogen) atoms. The van der Waals surface area contributed by atoms with Gasteiger partial charge < -0.3 is 18.9 Å². The van der Waals surface area contributed by atoms with Gasteiger partial charge in [-0.15, -0.1) is 0 Å². The molecule has 0 saturated carbocycles. The van der Waals surface area contributed by atoms with Crippen molar-refractivity contribution >= 4 is 15.8 Å². The molecule has 8 heteroatoms. The van der Waals surface area contributed by atoms with Crippen LogP contribution in [0.2, 0.25) is 0 Å². The highest BCUT2D eigenvalue weighted by Gasteiger charge is 2.55. The van der Waals surface area contributed by atoms with Gasteiger partial charge in [0, 0.05) is 12.3 Å². The average molecular weight is 382 g/mol. The van der Waals surface area contributed by atoms with Gasteiger partial charge in [-0.05, 0) is 39.0 Å². The molecule has 2 aliphatic rings. The molecule has 0 spiro atoms. The predicted molar refractivity (Wildman–Crippen MR) is 91.8 cm³/mol. The van der Waals surface area contributed by atoms with Crippen LogP contribution in [-0.2, 0) is 33.6 Å². The highest BCUT2D eigenvalue weighted by atomic mass is 32.2. The lowest BCUT2D eigenvalue weighted by Gasteiger charge is -2.23. The number of aryl methyl sites for hydroxylation is 1. The second-order valence-electron chi connectivity index (χ2n) is 6.83. The molecule has 2 fully saturated rings. The minimum Gasteiger partial charge on any atom is -0.456 e. The molecular formula is C18H22O7S. The summed E-state index contributed by atoms with van der Waals surface area (Å²) >= 11 is 0. The molecule has 0 amide bonds. The van der Waals surface area contributed by atoms with E-state index in [0.29, 0.717) is 0 Å². The van der Waals surface area contributed by atoms with Crippen LogP contribution in [0.15, 0.2) is 40.6 Å². The van der Waals surface area contributed by atoms with E-state index in [1.165, 1.54) is 25.1 Å². The zero-order valence-corrected chi connectivity index (χ0v) is 15.9. The Labute approximate surface area is 152 Å². The number of carbonyl (C=O) groups is 1. The topological polar surface area (TPSA) is 88.1 Å². The zero-order valence-electron chi connectivity index (χ0n) is 15.0. The van der Waals surface area contributed by atoms with E-state index in [2.05, 4.69) is 0 Å². The molecule has 7 nitrogen and oxygen atoms in total. The van der Waals surface area contributed by atoms with E-state index in [1.807, 2.05) is 6.92 Å². The Kier molecular flexibility index (Phi) is 4.96. The van der Waals surface area contributed by atoms with Crippen molar-refractivity contribution in [3.8, 4) is 0 Å². The van der Waals surface area contributed by atoms with E-state index in [1.54, 1.807) is 26.0 Å². The first kappa shape index (κ1) is 19.0. The average Bonchev–Trinajstić information content (AvgIpc) is 2.98. The predicted octanol–water partition coefficient (Wildman–Crippen LogP) is 2.09. The van der Waals surface area contributed by atoms with Gasteiger partial charge in [-0.25, -0.2) is 8.42 Å². The summed E-state index contributed by atoms with van der Waals surface area (Å²) in [6.45, 7) is 6.61. The molecule has 0 bridgehead atoms. The zero-order chi connectivity index (χ0) is 19.1. The Morgan fingerprint density at radius 2 is 1.85 bits per heavy atom. The summed E-state index contributed by atoms with van der Waals surface area (Å²) < 4.78 is 47.3. The van der Waals surface area contributed by atoms with E-state index >= 15 is 0 Å². The first-order valence-electron chi connectivity index (χ1n) is 8.26. The number of hydrogen-bond acceptors (Lipinski definition) is 7. The van der Waals surface area contributed by atoms with Crippen LogP contribution in [0, 0.1) is 6.92 Å². The fraction of sp³-hybridized carbons (Fsp3) is 0.500. The Morgan fingerprint density at radius 1 is 1.19 bits per heavy atom. The number of esters is 1. The molecule has 0 radical (unpaired) electrons. The molecule has 0 unspecified atom stereocenters. The number of fused-ring (bicyclic) bond motifs is 1. The Morgan fingerprint density at radius 3 is 2.46 bits per heavy atom. The van der Waals surface area contributed by atoms with Gasteiger partial charge in [-0.2, -0.15) is 0 Å². The van der Waals surface area contributed by atoms with Gasteiger partial charge in [0.2, 0.25) is 0 Å². The Balaban J connectivity index is 1.80. The van der Waals surface area contributed by atoms with Crippen LogP contribution in [0.5, 0.6) is 0 Å². The smallest absolute Gasteiger partial charge is 0.303 e. The number of rotatable bonds is 4. The Hall–Kier alpha value is -1.74. The molecule has 2 heterocycles. The van der Waals surface area contributed by atoms with E-state index in [4.69, 9.17) is 18.9 Å². The molecule has 3 rings (SSSR count). The third-order valence-electron chi connectivity index (χ3n) is 4.13. The first-order chi connectivity index (χ1) is 12.1. The second kappa shape index (κ2) is 6.77. The first-order valence-corrected chi connectivity index (χ1v) is 9.80. The van der Waals surface area contributed by atoms with E-state index in [-0.39, 0.29) is 4.90 Å². The van der Waals surface area contributed by atoms with E-state index in [0.717, 1.165) is 11.0 Å². The van der Waals surface area contributed by atoms with Crippen molar-refractivity contribution in [3.05, 3.63) is 41.3 Å². The fourth-order valence-electron chi connectivity index (χ4n) is 2.97. The summed E-state index contributed by atoms with van der Waals surface area (Å²) in [7, 11) is -3.65. The summed E-state index contributed by atoms with van der Waals surface area (Å²) in [5, 5.41) is 1.06. The van der Waals surface area contributed by atoms with E-state index in [9.17, 15) is 13.2 Å². The maximum atomic E-state index is 12.5. The maximum absolute atomic E-state index is 12.5. The molecule has 2 saturated heterocycles. The maximum Gasteiger partial charge on any atom is 0.303 e. The van der Waals surface area contributed by atoms with Crippen LogP contribution in [0.25, 0.3) is 0 Å². The van der Waals surface area contributed by atoms with Crippen LogP contribution in [0.3, 0.4) is 0 Å².